The van der Waals surface area contributed by atoms with Crippen LogP contribution < -0.4 is 0 Å². The predicted molar refractivity (Wildman–Crippen MR) is 192 cm³/mol. The minimum absolute atomic E-state index is 0.0102. The number of hydrogen-bond acceptors (Lipinski definition) is 5. The van der Waals surface area contributed by atoms with Crippen LogP contribution in [0.5, 0.6) is 0 Å². The van der Waals surface area contributed by atoms with E-state index in [1.807, 2.05) is 91.0 Å². The van der Waals surface area contributed by atoms with Crippen molar-refractivity contribution in [3.8, 4) is 11.5 Å². The number of carbonyl (C=O) groups excluding carboxylic acids is 1. The normalized spacial score (nSPS) is 23.3. The molecule has 4 saturated carbocycles. The van der Waals surface area contributed by atoms with Gasteiger partial charge < -0.3 is 0 Å². The van der Waals surface area contributed by atoms with Gasteiger partial charge in [0, 0.05) is 12.3 Å². The van der Waals surface area contributed by atoms with E-state index in [1.165, 1.54) is 6.07 Å². The topological polar surface area (TPSA) is 73.6 Å². The van der Waals surface area contributed by atoms with E-state index in [1.54, 1.807) is 11.6 Å². The van der Waals surface area contributed by atoms with Gasteiger partial charge in [-0.05, 0) is 79.5 Å². The lowest BCUT2D eigenvalue weighted by Crippen LogP contribution is -2.44. The Labute approximate surface area is 304 Å². The zero-order valence-electron chi connectivity index (χ0n) is 29.1. The first-order valence-corrected chi connectivity index (χ1v) is 18.3. The Morgan fingerprint density at radius 3 is 1.91 bits per heavy atom. The molecule has 2 bridgehead atoms. The maximum atomic E-state index is 16.5. The van der Waals surface area contributed by atoms with Crippen LogP contribution in [0.15, 0.2) is 103 Å². The van der Waals surface area contributed by atoms with Gasteiger partial charge in [0.1, 0.15) is 22.8 Å². The van der Waals surface area contributed by atoms with E-state index in [4.69, 9.17) is 10.1 Å². The quantitative estimate of drug-likeness (QED) is 0.110. The smallest absolute Gasteiger partial charge is 0.257 e. The van der Waals surface area contributed by atoms with Gasteiger partial charge >= 0.3 is 0 Å². The molecule has 0 amide bonds. The van der Waals surface area contributed by atoms with Crippen LogP contribution in [0.3, 0.4) is 0 Å². The highest BCUT2D eigenvalue weighted by Gasteiger charge is 2.60. The molecule has 3 aromatic carbocycles. The third-order valence-corrected chi connectivity index (χ3v) is 12.0. The minimum Gasteiger partial charge on any atom is -0.300 e. The summed E-state index contributed by atoms with van der Waals surface area (Å²) < 4.78 is 63.0. The fourth-order valence-electron chi connectivity index (χ4n) is 9.50. The second-order valence-electron chi connectivity index (χ2n) is 15.0. The number of pyridine rings is 1. The molecule has 0 spiro atoms. The van der Waals surface area contributed by atoms with Crippen molar-refractivity contribution in [1.82, 2.24) is 24.7 Å². The number of halogens is 4. The van der Waals surface area contributed by atoms with Gasteiger partial charge in [-0.2, -0.15) is 5.10 Å². The fraction of sp³-hybridized carbons (Fsp3) is 0.326. The van der Waals surface area contributed by atoms with Gasteiger partial charge in [-0.25, -0.2) is 37.2 Å². The molecule has 6 nitrogen and oxygen atoms in total. The predicted octanol–water partition coefficient (Wildman–Crippen LogP) is 9.31. The number of nitrogens with zero attached hydrogens (tertiary/aromatic N) is 5. The van der Waals surface area contributed by atoms with E-state index in [0.29, 0.717) is 5.65 Å². The Hall–Kier alpha value is -5.25. The number of ketones is 1. The zero-order valence-corrected chi connectivity index (χ0v) is 29.1. The van der Waals surface area contributed by atoms with Crippen LogP contribution in [-0.4, -0.2) is 36.4 Å². The number of benzene rings is 3. The lowest BCUT2D eigenvalue weighted by Gasteiger charge is -2.47. The van der Waals surface area contributed by atoms with Gasteiger partial charge in [-0.1, -0.05) is 91.0 Å². The van der Waals surface area contributed by atoms with Crippen LogP contribution in [0, 0.1) is 35.3 Å². The van der Waals surface area contributed by atoms with Crippen molar-refractivity contribution in [1.29, 1.82) is 0 Å². The van der Waals surface area contributed by atoms with Crippen molar-refractivity contribution < 1.29 is 22.4 Å². The number of aromatic nitrogens is 5. The Balaban J connectivity index is 1.30. The van der Waals surface area contributed by atoms with E-state index in [-0.39, 0.29) is 64.2 Å². The van der Waals surface area contributed by atoms with Gasteiger partial charge in [0.2, 0.25) is 0 Å². The van der Waals surface area contributed by atoms with Crippen LogP contribution >= 0.6 is 0 Å². The zero-order chi connectivity index (χ0) is 36.5. The summed E-state index contributed by atoms with van der Waals surface area (Å²) in [4.78, 5) is 26.8. The standard InChI is InChI=1S/C43H37F4N5O/c1-25(53)36-27-19-17-26(18-20-27)32(36)22-35-37(45)39(34-23-42(34,46)47)50-40(49-35)38-33-21-31(44)24-48-41(33)52(51-38)43(28-11-5-2-6-12-28,29-13-7-3-8-14-29)30-15-9-4-10-16-30/h2-16,21,24,26-27,32,34,36H,17-20,22-23H2,1H3/t26?,27?,32-,34?,36-/m0/s1. The Morgan fingerprint density at radius 1 is 0.830 bits per heavy atom. The first-order valence-electron chi connectivity index (χ1n) is 18.3. The highest BCUT2D eigenvalue weighted by molar-refractivity contribution is 5.90. The molecule has 6 aromatic rings. The molecule has 3 heterocycles. The third-order valence-electron chi connectivity index (χ3n) is 12.0. The third kappa shape index (κ3) is 5.48. The molecule has 3 aromatic heterocycles. The van der Waals surface area contributed by atoms with Gasteiger partial charge in [0.05, 0.1) is 28.9 Å². The molecule has 0 aliphatic heterocycles. The Bertz CT molecular complexity index is 2230. The number of rotatable bonds is 9. The van der Waals surface area contributed by atoms with Crippen LogP contribution in [0.25, 0.3) is 22.6 Å². The second-order valence-corrected chi connectivity index (χ2v) is 15.0. The second kappa shape index (κ2) is 12.7. The molecular weight excluding hydrogens is 678 g/mol. The average Bonchev–Trinajstić information content (AvgIpc) is 3.66. The summed E-state index contributed by atoms with van der Waals surface area (Å²) in [7, 11) is 0. The highest BCUT2D eigenvalue weighted by Crippen LogP contribution is 2.57. The van der Waals surface area contributed by atoms with Gasteiger partial charge in [-0.15, -0.1) is 0 Å². The molecule has 4 aliphatic rings. The SMILES string of the molecule is CC(=O)[C@H]1C2CCC(CC2)[C@@H]1Cc1nc(-c2nn(C(c3ccccc3)(c3ccccc3)c3ccccc3)c3ncc(F)cc23)nc(C2CC2(F)F)c1F. The summed E-state index contributed by atoms with van der Waals surface area (Å²) in [5.41, 5.74) is 1.36. The first-order chi connectivity index (χ1) is 25.7. The minimum atomic E-state index is -3.12. The molecule has 10 rings (SSSR count). The Morgan fingerprint density at radius 2 is 1.38 bits per heavy atom. The van der Waals surface area contributed by atoms with Crippen molar-refractivity contribution in [2.24, 2.45) is 23.7 Å². The number of carbonyl (C=O) groups is 1. The molecule has 53 heavy (non-hydrogen) atoms. The van der Waals surface area contributed by atoms with Gasteiger partial charge in [0.25, 0.3) is 5.92 Å². The van der Waals surface area contributed by atoms with E-state index in [2.05, 4.69) is 9.97 Å². The van der Waals surface area contributed by atoms with E-state index in [0.717, 1.165) is 48.6 Å². The maximum absolute atomic E-state index is 16.5. The molecule has 0 radical (unpaired) electrons. The van der Waals surface area contributed by atoms with Crippen molar-refractivity contribution in [2.75, 3.05) is 0 Å². The Kier molecular flexibility index (Phi) is 8.05. The summed E-state index contributed by atoms with van der Waals surface area (Å²) in [5, 5.41) is 5.41. The van der Waals surface area contributed by atoms with Crippen molar-refractivity contribution >= 4 is 16.8 Å². The number of fused-ring (bicyclic) bond motifs is 4. The van der Waals surface area contributed by atoms with Crippen molar-refractivity contribution in [3.05, 3.63) is 143 Å². The maximum Gasteiger partial charge on any atom is 0.257 e. The molecule has 0 N–H and O–H groups in total. The van der Waals surface area contributed by atoms with E-state index in [9.17, 15) is 13.6 Å². The summed E-state index contributed by atoms with van der Waals surface area (Å²) >= 11 is 0. The number of hydrogen-bond donors (Lipinski definition) is 0. The van der Waals surface area contributed by atoms with Gasteiger partial charge in [0.15, 0.2) is 17.3 Å². The summed E-state index contributed by atoms with van der Waals surface area (Å²) in [5.74, 6) is -6.04. The monoisotopic (exact) mass is 715 g/mol. The van der Waals surface area contributed by atoms with E-state index >= 15 is 8.78 Å². The largest absolute Gasteiger partial charge is 0.300 e. The molecular formula is C43H37F4N5O. The summed E-state index contributed by atoms with van der Waals surface area (Å²) in [6, 6.07) is 30.5. The summed E-state index contributed by atoms with van der Waals surface area (Å²) in [6.45, 7) is 1.59. The molecule has 1 unspecified atom stereocenters. The fourth-order valence-corrected chi connectivity index (χ4v) is 9.50. The molecule has 10 heteroatoms. The summed E-state index contributed by atoms with van der Waals surface area (Å²) in [6.07, 6.45) is 4.48. The van der Waals surface area contributed by atoms with Crippen LogP contribution in [-0.2, 0) is 16.8 Å². The highest BCUT2D eigenvalue weighted by atomic mass is 19.3. The van der Waals surface area contributed by atoms with Crippen molar-refractivity contribution in [3.63, 3.8) is 0 Å². The molecule has 4 aliphatic carbocycles. The van der Waals surface area contributed by atoms with Gasteiger partial charge in [-0.3, -0.25) is 4.79 Å². The van der Waals surface area contributed by atoms with Crippen molar-refractivity contribution in [2.45, 2.75) is 62.8 Å². The average molecular weight is 716 g/mol. The molecule has 0 saturated heterocycles. The number of Topliss-reactive ketones (excluding diaryl/α,β-unsaturated/α-hetero) is 1. The van der Waals surface area contributed by atoms with E-state index < -0.39 is 35.4 Å². The molecule has 268 valence electrons. The van der Waals surface area contributed by atoms with Crippen LogP contribution in [0.4, 0.5) is 17.6 Å². The lowest BCUT2D eigenvalue weighted by molar-refractivity contribution is -0.130. The van der Waals surface area contributed by atoms with Crippen LogP contribution in [0.1, 0.15) is 73.0 Å². The molecule has 4 fully saturated rings. The van der Waals surface area contributed by atoms with Crippen LogP contribution in [0.2, 0.25) is 0 Å². The molecule has 3 atom stereocenters. The first kappa shape index (κ1) is 33.6. The lowest BCUT2D eigenvalue weighted by atomic mass is 9.56. The number of alkyl halides is 2.